The van der Waals surface area contributed by atoms with Crippen molar-refractivity contribution >= 4 is 21.8 Å². The number of benzene rings is 2. The Kier molecular flexibility index (Phi) is 6.86. The van der Waals surface area contributed by atoms with Crippen LogP contribution in [0, 0.1) is 6.92 Å². The molecule has 176 valence electrons. The molecule has 1 saturated carbocycles. The molecular formula is C25H31N3O4S. The van der Waals surface area contributed by atoms with Gasteiger partial charge in [0, 0.05) is 43.9 Å². The Morgan fingerprint density at radius 3 is 2.24 bits per heavy atom. The van der Waals surface area contributed by atoms with Crippen molar-refractivity contribution in [3.8, 4) is 0 Å². The van der Waals surface area contributed by atoms with Crippen LogP contribution in [0.15, 0.2) is 47.4 Å². The van der Waals surface area contributed by atoms with E-state index in [9.17, 15) is 18.0 Å². The molecule has 0 radical (unpaired) electrons. The maximum atomic E-state index is 13.5. The second kappa shape index (κ2) is 9.65. The van der Waals surface area contributed by atoms with Crippen LogP contribution >= 0.6 is 0 Å². The number of carbonyl (C=O) groups is 2. The Bertz CT molecular complexity index is 1130. The first kappa shape index (κ1) is 23.4. The van der Waals surface area contributed by atoms with Gasteiger partial charge in [0.05, 0.1) is 4.90 Å². The molecule has 0 unspecified atom stereocenters. The molecule has 1 heterocycles. The van der Waals surface area contributed by atoms with E-state index >= 15 is 0 Å². The first-order valence-corrected chi connectivity index (χ1v) is 13.0. The number of piperidine rings is 1. The highest BCUT2D eigenvalue weighted by Crippen LogP contribution is 2.31. The van der Waals surface area contributed by atoms with Crippen molar-refractivity contribution in [2.45, 2.75) is 56.5 Å². The van der Waals surface area contributed by atoms with Gasteiger partial charge in [-0.05, 0) is 68.0 Å². The smallest absolute Gasteiger partial charge is 0.254 e. The van der Waals surface area contributed by atoms with Gasteiger partial charge in [0.15, 0.2) is 0 Å². The normalized spacial score (nSPS) is 16.9. The van der Waals surface area contributed by atoms with E-state index in [1.807, 2.05) is 17.0 Å². The molecule has 2 aromatic rings. The molecule has 0 atom stereocenters. The standard InChI is InChI=1S/C25H31N3O4S/c1-18-6-9-21(16-23(18)33(31,32)27-14-4-3-5-15-27)25(30)28(22-12-13-22)17-19-7-10-20(11-8-19)24(29)26-2/h6-11,16,22H,3-5,12-15,17H2,1-2H3,(H,26,29). The third-order valence-corrected chi connectivity index (χ3v) is 8.45. The summed E-state index contributed by atoms with van der Waals surface area (Å²) in [6.07, 6.45) is 4.65. The predicted molar refractivity (Wildman–Crippen MR) is 127 cm³/mol. The first-order valence-electron chi connectivity index (χ1n) is 11.5. The van der Waals surface area contributed by atoms with E-state index in [-0.39, 0.29) is 22.8 Å². The Balaban J connectivity index is 1.58. The summed E-state index contributed by atoms with van der Waals surface area (Å²) in [5.41, 5.74) is 2.54. The van der Waals surface area contributed by atoms with Crippen molar-refractivity contribution in [2.75, 3.05) is 20.1 Å². The fourth-order valence-corrected chi connectivity index (χ4v) is 6.04. The molecule has 1 saturated heterocycles. The number of amides is 2. The molecule has 1 aliphatic heterocycles. The van der Waals surface area contributed by atoms with E-state index in [1.165, 1.54) is 0 Å². The molecule has 33 heavy (non-hydrogen) atoms. The van der Waals surface area contributed by atoms with Gasteiger partial charge < -0.3 is 10.2 Å². The predicted octanol–water partition coefficient (Wildman–Crippen LogP) is 3.33. The van der Waals surface area contributed by atoms with Crippen molar-refractivity contribution < 1.29 is 18.0 Å². The Morgan fingerprint density at radius 1 is 1.00 bits per heavy atom. The van der Waals surface area contributed by atoms with Crippen LogP contribution in [0.25, 0.3) is 0 Å². The van der Waals surface area contributed by atoms with Crippen molar-refractivity contribution in [2.24, 2.45) is 0 Å². The highest BCUT2D eigenvalue weighted by atomic mass is 32.2. The van der Waals surface area contributed by atoms with E-state index in [1.54, 1.807) is 48.6 Å². The first-order chi connectivity index (χ1) is 15.8. The molecule has 2 fully saturated rings. The molecule has 1 aliphatic carbocycles. The Labute approximate surface area is 195 Å². The number of carbonyl (C=O) groups excluding carboxylic acids is 2. The van der Waals surface area contributed by atoms with Crippen molar-refractivity contribution in [1.29, 1.82) is 0 Å². The molecular weight excluding hydrogens is 438 g/mol. The fraction of sp³-hybridized carbons (Fsp3) is 0.440. The lowest BCUT2D eigenvalue weighted by atomic mass is 10.1. The summed E-state index contributed by atoms with van der Waals surface area (Å²) in [7, 11) is -2.04. The fourth-order valence-electron chi connectivity index (χ4n) is 4.28. The SMILES string of the molecule is CNC(=O)c1ccc(CN(C(=O)c2ccc(C)c(S(=O)(=O)N3CCCCC3)c2)C2CC2)cc1. The number of hydrogen-bond donors (Lipinski definition) is 1. The number of aryl methyl sites for hydroxylation is 1. The zero-order valence-corrected chi connectivity index (χ0v) is 20.0. The maximum Gasteiger partial charge on any atom is 0.254 e. The number of rotatable bonds is 7. The highest BCUT2D eigenvalue weighted by molar-refractivity contribution is 7.89. The van der Waals surface area contributed by atoms with Gasteiger partial charge in [-0.2, -0.15) is 4.31 Å². The largest absolute Gasteiger partial charge is 0.355 e. The summed E-state index contributed by atoms with van der Waals surface area (Å²) in [6.45, 7) is 3.25. The zero-order chi connectivity index (χ0) is 23.6. The monoisotopic (exact) mass is 469 g/mol. The van der Waals surface area contributed by atoms with Gasteiger partial charge in [-0.25, -0.2) is 8.42 Å². The van der Waals surface area contributed by atoms with E-state index in [4.69, 9.17) is 0 Å². The van der Waals surface area contributed by atoms with E-state index < -0.39 is 10.0 Å². The van der Waals surface area contributed by atoms with E-state index in [0.29, 0.717) is 36.3 Å². The number of hydrogen-bond acceptors (Lipinski definition) is 4. The van der Waals surface area contributed by atoms with Crippen molar-refractivity contribution in [1.82, 2.24) is 14.5 Å². The van der Waals surface area contributed by atoms with Crippen LogP contribution in [0.2, 0.25) is 0 Å². The summed E-state index contributed by atoms with van der Waals surface area (Å²) in [5, 5.41) is 2.60. The molecule has 8 heteroatoms. The Hall–Kier alpha value is -2.71. The third kappa shape index (κ3) is 5.12. The van der Waals surface area contributed by atoms with Gasteiger partial charge in [0.25, 0.3) is 11.8 Å². The van der Waals surface area contributed by atoms with Crippen molar-refractivity contribution in [3.63, 3.8) is 0 Å². The molecule has 2 amide bonds. The van der Waals surface area contributed by atoms with E-state index in [2.05, 4.69) is 5.32 Å². The topological polar surface area (TPSA) is 86.8 Å². The lowest BCUT2D eigenvalue weighted by Gasteiger charge is -2.27. The zero-order valence-electron chi connectivity index (χ0n) is 19.2. The van der Waals surface area contributed by atoms with Gasteiger partial charge >= 0.3 is 0 Å². The molecule has 0 spiro atoms. The van der Waals surface area contributed by atoms with Crippen LogP contribution < -0.4 is 5.32 Å². The second-order valence-electron chi connectivity index (χ2n) is 8.89. The van der Waals surface area contributed by atoms with Gasteiger partial charge in [-0.1, -0.05) is 24.6 Å². The minimum atomic E-state index is -3.63. The van der Waals surface area contributed by atoms with Gasteiger partial charge in [-0.15, -0.1) is 0 Å². The molecule has 0 aromatic heterocycles. The number of nitrogens with one attached hydrogen (secondary N) is 1. The maximum absolute atomic E-state index is 13.5. The number of sulfonamides is 1. The summed E-state index contributed by atoms with van der Waals surface area (Å²) >= 11 is 0. The van der Waals surface area contributed by atoms with E-state index in [0.717, 1.165) is 37.7 Å². The van der Waals surface area contributed by atoms with Crippen LogP contribution in [0.5, 0.6) is 0 Å². The minimum Gasteiger partial charge on any atom is -0.355 e. The summed E-state index contributed by atoms with van der Waals surface area (Å²) in [4.78, 5) is 27.3. The number of nitrogens with zero attached hydrogens (tertiary/aromatic N) is 2. The second-order valence-corrected chi connectivity index (χ2v) is 10.8. The average Bonchev–Trinajstić information content (AvgIpc) is 3.68. The molecule has 1 N–H and O–H groups in total. The average molecular weight is 470 g/mol. The van der Waals surface area contributed by atoms with Crippen LogP contribution in [0.3, 0.4) is 0 Å². The van der Waals surface area contributed by atoms with Gasteiger partial charge in [-0.3, -0.25) is 9.59 Å². The van der Waals surface area contributed by atoms with Crippen LogP contribution in [-0.2, 0) is 16.6 Å². The quantitative estimate of drug-likeness (QED) is 0.674. The van der Waals surface area contributed by atoms with Crippen molar-refractivity contribution in [3.05, 3.63) is 64.7 Å². The summed E-state index contributed by atoms with van der Waals surface area (Å²) in [5.74, 6) is -0.318. The van der Waals surface area contributed by atoms with Crippen LogP contribution in [0.4, 0.5) is 0 Å². The highest BCUT2D eigenvalue weighted by Gasteiger charge is 2.34. The lowest BCUT2D eigenvalue weighted by Crippen LogP contribution is -2.36. The minimum absolute atomic E-state index is 0.152. The summed E-state index contributed by atoms with van der Waals surface area (Å²) < 4.78 is 28.1. The molecule has 7 nitrogen and oxygen atoms in total. The van der Waals surface area contributed by atoms with Gasteiger partial charge in [0.1, 0.15) is 0 Å². The van der Waals surface area contributed by atoms with Crippen LogP contribution in [0.1, 0.15) is 63.9 Å². The molecule has 0 bridgehead atoms. The molecule has 2 aromatic carbocycles. The van der Waals surface area contributed by atoms with Crippen LogP contribution in [-0.4, -0.2) is 55.6 Å². The Morgan fingerprint density at radius 2 is 1.64 bits per heavy atom. The molecule has 2 aliphatic rings. The third-order valence-electron chi connectivity index (χ3n) is 6.41. The lowest BCUT2D eigenvalue weighted by molar-refractivity contribution is 0.0729. The summed E-state index contributed by atoms with van der Waals surface area (Å²) in [6, 6.07) is 12.4. The molecule has 4 rings (SSSR count). The van der Waals surface area contributed by atoms with Gasteiger partial charge in [0.2, 0.25) is 10.0 Å².